The van der Waals surface area contributed by atoms with Gasteiger partial charge in [-0.05, 0) is 33.6 Å². The van der Waals surface area contributed by atoms with E-state index in [0.29, 0.717) is 17.7 Å². The summed E-state index contributed by atoms with van der Waals surface area (Å²) in [5.74, 6) is 0. The van der Waals surface area contributed by atoms with Crippen molar-refractivity contribution < 1.29 is 4.74 Å². The van der Waals surface area contributed by atoms with Gasteiger partial charge < -0.3 is 9.64 Å². The molecule has 0 aromatic heterocycles. The third-order valence-corrected chi connectivity index (χ3v) is 3.47. The molecule has 2 fully saturated rings. The molecule has 2 nitrogen and oxygen atoms in total. The van der Waals surface area contributed by atoms with E-state index in [0.717, 1.165) is 0 Å². The Morgan fingerprint density at radius 1 is 1.33 bits per heavy atom. The summed E-state index contributed by atoms with van der Waals surface area (Å²) < 4.78 is 5.65. The van der Waals surface area contributed by atoms with Crippen LogP contribution in [0.2, 0.25) is 0 Å². The Morgan fingerprint density at radius 3 is 2.17 bits per heavy atom. The van der Waals surface area contributed by atoms with E-state index < -0.39 is 0 Å². The van der Waals surface area contributed by atoms with Crippen LogP contribution in [0.3, 0.4) is 0 Å². The van der Waals surface area contributed by atoms with E-state index in [2.05, 4.69) is 25.7 Å². The number of ether oxygens (including phenoxy) is 1. The average Bonchev–Trinajstić information content (AvgIpc) is 2.62. The average molecular weight is 169 g/mol. The molecule has 2 aliphatic rings. The first kappa shape index (κ1) is 8.52. The fourth-order valence-corrected chi connectivity index (χ4v) is 2.26. The van der Waals surface area contributed by atoms with Gasteiger partial charge in [-0.15, -0.1) is 0 Å². The van der Waals surface area contributed by atoms with Crippen molar-refractivity contribution in [1.82, 2.24) is 4.90 Å². The summed E-state index contributed by atoms with van der Waals surface area (Å²) >= 11 is 0. The highest BCUT2D eigenvalue weighted by molar-refractivity contribution is 5.03. The molecule has 0 aliphatic carbocycles. The minimum atomic E-state index is 0.311. The number of epoxide rings is 1. The summed E-state index contributed by atoms with van der Waals surface area (Å²) in [5, 5.41) is 0. The Morgan fingerprint density at radius 2 is 1.83 bits per heavy atom. The van der Waals surface area contributed by atoms with Gasteiger partial charge in [0, 0.05) is 19.1 Å². The first-order valence-corrected chi connectivity index (χ1v) is 5.06. The SMILES string of the molecule is CC(C)N1CCC2(CC1)OC2C. The third-order valence-electron chi connectivity index (χ3n) is 3.47. The Balaban J connectivity index is 1.86. The van der Waals surface area contributed by atoms with Crippen molar-refractivity contribution >= 4 is 0 Å². The topological polar surface area (TPSA) is 15.8 Å². The third kappa shape index (κ3) is 1.27. The molecule has 0 bridgehead atoms. The first-order chi connectivity index (χ1) is 5.64. The van der Waals surface area contributed by atoms with Gasteiger partial charge in [0.25, 0.3) is 0 Å². The van der Waals surface area contributed by atoms with E-state index in [1.54, 1.807) is 0 Å². The van der Waals surface area contributed by atoms with Crippen LogP contribution in [0, 0.1) is 0 Å². The zero-order valence-corrected chi connectivity index (χ0v) is 8.34. The van der Waals surface area contributed by atoms with Crippen molar-refractivity contribution in [3.63, 3.8) is 0 Å². The smallest absolute Gasteiger partial charge is 0.0969 e. The second-order valence-corrected chi connectivity index (χ2v) is 4.45. The molecule has 1 unspecified atom stereocenters. The molecule has 0 aromatic rings. The Labute approximate surface area is 74.9 Å². The van der Waals surface area contributed by atoms with Crippen molar-refractivity contribution in [3.05, 3.63) is 0 Å². The van der Waals surface area contributed by atoms with Gasteiger partial charge in [-0.1, -0.05) is 0 Å². The minimum Gasteiger partial charge on any atom is -0.366 e. The lowest BCUT2D eigenvalue weighted by molar-refractivity contribution is 0.122. The number of likely N-dealkylation sites (tertiary alicyclic amines) is 1. The van der Waals surface area contributed by atoms with E-state index in [1.807, 2.05) is 0 Å². The van der Waals surface area contributed by atoms with E-state index >= 15 is 0 Å². The molecule has 2 aliphatic heterocycles. The van der Waals surface area contributed by atoms with E-state index in [9.17, 15) is 0 Å². The summed E-state index contributed by atoms with van der Waals surface area (Å²) in [6.45, 7) is 9.19. The second kappa shape index (κ2) is 2.71. The molecule has 0 N–H and O–H groups in total. The predicted molar refractivity (Wildman–Crippen MR) is 49.2 cm³/mol. The number of rotatable bonds is 1. The van der Waals surface area contributed by atoms with Crippen molar-refractivity contribution in [3.8, 4) is 0 Å². The maximum absolute atomic E-state index is 5.65. The number of piperidine rings is 1. The van der Waals surface area contributed by atoms with Gasteiger partial charge in [0.1, 0.15) is 0 Å². The molecule has 0 radical (unpaired) electrons. The van der Waals surface area contributed by atoms with Crippen molar-refractivity contribution in [2.24, 2.45) is 0 Å². The maximum atomic E-state index is 5.65. The Hall–Kier alpha value is -0.0800. The van der Waals surface area contributed by atoms with Gasteiger partial charge >= 0.3 is 0 Å². The summed E-state index contributed by atoms with van der Waals surface area (Å²) in [7, 11) is 0. The highest BCUT2D eigenvalue weighted by Crippen LogP contribution is 2.44. The van der Waals surface area contributed by atoms with Crippen molar-refractivity contribution in [1.29, 1.82) is 0 Å². The molecule has 1 spiro atoms. The van der Waals surface area contributed by atoms with Gasteiger partial charge in [-0.2, -0.15) is 0 Å². The molecular formula is C10H19NO. The predicted octanol–water partition coefficient (Wildman–Crippen LogP) is 1.65. The van der Waals surface area contributed by atoms with E-state index in [-0.39, 0.29) is 0 Å². The highest BCUT2D eigenvalue weighted by Gasteiger charge is 2.54. The molecule has 0 amide bonds. The molecule has 1 atom stereocenters. The lowest BCUT2D eigenvalue weighted by Crippen LogP contribution is -2.42. The Bertz CT molecular complexity index is 171. The summed E-state index contributed by atoms with van der Waals surface area (Å²) in [6.07, 6.45) is 3.02. The zero-order valence-electron chi connectivity index (χ0n) is 8.34. The number of hydrogen-bond acceptors (Lipinski definition) is 2. The van der Waals surface area contributed by atoms with Crippen LogP contribution in [0.15, 0.2) is 0 Å². The van der Waals surface area contributed by atoms with Crippen LogP contribution in [0.4, 0.5) is 0 Å². The van der Waals surface area contributed by atoms with Crippen LogP contribution < -0.4 is 0 Å². The molecule has 0 saturated carbocycles. The lowest BCUT2D eigenvalue weighted by atomic mass is 9.93. The molecule has 2 heteroatoms. The van der Waals surface area contributed by atoms with E-state index in [4.69, 9.17) is 4.74 Å². The van der Waals surface area contributed by atoms with Crippen molar-refractivity contribution in [2.45, 2.75) is 51.4 Å². The van der Waals surface area contributed by atoms with Gasteiger partial charge in [0.2, 0.25) is 0 Å². The lowest BCUT2D eigenvalue weighted by Gasteiger charge is -2.33. The molecule has 2 rings (SSSR count). The number of hydrogen-bond donors (Lipinski definition) is 0. The van der Waals surface area contributed by atoms with Gasteiger partial charge in [-0.25, -0.2) is 0 Å². The molecule has 2 saturated heterocycles. The molecule has 2 heterocycles. The van der Waals surface area contributed by atoms with Crippen LogP contribution >= 0.6 is 0 Å². The van der Waals surface area contributed by atoms with E-state index in [1.165, 1.54) is 25.9 Å². The first-order valence-electron chi connectivity index (χ1n) is 5.06. The normalized spacial score (nSPS) is 34.5. The fraction of sp³-hybridized carbons (Fsp3) is 1.00. The molecular weight excluding hydrogens is 150 g/mol. The largest absolute Gasteiger partial charge is 0.366 e. The second-order valence-electron chi connectivity index (χ2n) is 4.45. The Kier molecular flexibility index (Phi) is 1.92. The minimum absolute atomic E-state index is 0.311. The fourth-order valence-electron chi connectivity index (χ4n) is 2.26. The monoisotopic (exact) mass is 169 g/mol. The molecule has 70 valence electrons. The standard InChI is InChI=1S/C10H19NO/c1-8(2)11-6-4-10(5-7-11)9(3)12-10/h8-9H,4-7H2,1-3H3. The van der Waals surface area contributed by atoms with Crippen molar-refractivity contribution in [2.75, 3.05) is 13.1 Å². The summed E-state index contributed by atoms with van der Waals surface area (Å²) in [4.78, 5) is 2.54. The quantitative estimate of drug-likeness (QED) is 0.555. The summed E-state index contributed by atoms with van der Waals surface area (Å²) in [5.41, 5.74) is 0.311. The number of nitrogens with zero attached hydrogens (tertiary/aromatic N) is 1. The van der Waals surface area contributed by atoms with Crippen LogP contribution in [-0.2, 0) is 4.74 Å². The highest BCUT2D eigenvalue weighted by atomic mass is 16.6. The van der Waals surface area contributed by atoms with Crippen LogP contribution in [0.1, 0.15) is 33.6 Å². The van der Waals surface area contributed by atoms with Crippen LogP contribution in [-0.4, -0.2) is 35.7 Å². The van der Waals surface area contributed by atoms with Gasteiger partial charge in [0.05, 0.1) is 11.7 Å². The molecule has 12 heavy (non-hydrogen) atoms. The zero-order chi connectivity index (χ0) is 8.77. The maximum Gasteiger partial charge on any atom is 0.0969 e. The van der Waals surface area contributed by atoms with Gasteiger partial charge in [0.15, 0.2) is 0 Å². The van der Waals surface area contributed by atoms with Crippen LogP contribution in [0.5, 0.6) is 0 Å². The summed E-state index contributed by atoms with van der Waals surface area (Å²) in [6, 6.07) is 0.705. The van der Waals surface area contributed by atoms with Gasteiger partial charge in [-0.3, -0.25) is 0 Å². The molecule has 0 aromatic carbocycles. The van der Waals surface area contributed by atoms with Crippen LogP contribution in [0.25, 0.3) is 0 Å².